The number of halogens is 4. The van der Waals surface area contributed by atoms with Gasteiger partial charge < -0.3 is 30.2 Å². The fourth-order valence-corrected chi connectivity index (χ4v) is 5.79. The van der Waals surface area contributed by atoms with Crippen molar-refractivity contribution in [3.8, 4) is 17.0 Å². The third kappa shape index (κ3) is 6.68. The highest BCUT2D eigenvalue weighted by Gasteiger charge is 2.30. The first-order valence-electron chi connectivity index (χ1n) is 14.3. The number of carbonyl (C=O) groups excluding carboxylic acids is 3. The molecule has 3 heterocycles. The number of piperidine rings is 2. The van der Waals surface area contributed by atoms with Gasteiger partial charge in [-0.15, -0.1) is 0 Å². The van der Waals surface area contributed by atoms with Crippen molar-refractivity contribution in [2.24, 2.45) is 13.0 Å². The molecular formula is C30H32ClF3N6O4. The molecule has 1 aromatic heterocycles. The van der Waals surface area contributed by atoms with E-state index < -0.39 is 30.2 Å². The van der Waals surface area contributed by atoms with Gasteiger partial charge in [0.25, 0.3) is 11.8 Å². The Bertz CT molecular complexity index is 1550. The summed E-state index contributed by atoms with van der Waals surface area (Å²) in [4.78, 5) is 44.6. The fourth-order valence-electron chi connectivity index (χ4n) is 5.52. The van der Waals surface area contributed by atoms with Crippen LogP contribution < -0.4 is 20.7 Å². The zero-order chi connectivity index (χ0) is 31.4. The molecule has 14 heteroatoms. The first kappa shape index (κ1) is 31.3. The SMILES string of the molecule is Cn1c(-c2ccc(OCF)c(F)c2F)cnc1C(=O)Nc1ccc(C(=O)N2CCC(C(=O)NC3CCNCC3)CC2)c(Cl)c1. The molecule has 3 aromatic rings. The third-order valence-electron chi connectivity index (χ3n) is 8.02. The predicted octanol–water partition coefficient (Wildman–Crippen LogP) is 4.30. The van der Waals surface area contributed by atoms with Gasteiger partial charge in [0.05, 0.1) is 22.5 Å². The summed E-state index contributed by atoms with van der Waals surface area (Å²) in [5, 5.41) is 9.19. The molecule has 0 aliphatic carbocycles. The Hall–Kier alpha value is -4.10. The third-order valence-corrected chi connectivity index (χ3v) is 8.33. The number of nitrogens with zero attached hydrogens (tertiary/aromatic N) is 3. The van der Waals surface area contributed by atoms with Crippen molar-refractivity contribution in [1.82, 2.24) is 25.1 Å². The lowest BCUT2D eigenvalue weighted by Gasteiger charge is -2.33. The molecule has 0 radical (unpaired) electrons. The highest BCUT2D eigenvalue weighted by molar-refractivity contribution is 6.34. The maximum atomic E-state index is 14.6. The average molecular weight is 633 g/mol. The number of hydrogen-bond acceptors (Lipinski definition) is 6. The highest BCUT2D eigenvalue weighted by Crippen LogP contribution is 2.31. The maximum Gasteiger partial charge on any atom is 0.291 e. The smallest absolute Gasteiger partial charge is 0.291 e. The van der Waals surface area contributed by atoms with Crippen molar-refractivity contribution in [3.63, 3.8) is 0 Å². The number of rotatable bonds is 8. The zero-order valence-electron chi connectivity index (χ0n) is 24.0. The van der Waals surface area contributed by atoms with Crippen LogP contribution in [0.15, 0.2) is 36.5 Å². The molecule has 2 aromatic carbocycles. The molecular weight excluding hydrogens is 601 g/mol. The van der Waals surface area contributed by atoms with Crippen LogP contribution in [0.2, 0.25) is 5.02 Å². The molecule has 0 atom stereocenters. The summed E-state index contributed by atoms with van der Waals surface area (Å²) in [6.07, 6.45) is 4.15. The van der Waals surface area contributed by atoms with Gasteiger partial charge in [-0.3, -0.25) is 14.4 Å². The summed E-state index contributed by atoms with van der Waals surface area (Å²) >= 11 is 6.44. The second-order valence-electron chi connectivity index (χ2n) is 10.8. The minimum absolute atomic E-state index is 0.0420. The summed E-state index contributed by atoms with van der Waals surface area (Å²) in [5.74, 6) is -4.34. The van der Waals surface area contributed by atoms with E-state index in [1.807, 2.05) is 0 Å². The van der Waals surface area contributed by atoms with Gasteiger partial charge in [-0.05, 0) is 69.1 Å². The minimum Gasteiger partial charge on any atom is -0.460 e. The summed E-state index contributed by atoms with van der Waals surface area (Å²) < 4.78 is 47.0. The van der Waals surface area contributed by atoms with Gasteiger partial charge in [-0.25, -0.2) is 13.8 Å². The fraction of sp³-hybridized carbons (Fsp3) is 0.400. The van der Waals surface area contributed by atoms with E-state index in [4.69, 9.17) is 11.6 Å². The molecule has 0 bridgehead atoms. The van der Waals surface area contributed by atoms with Crippen LogP contribution in [0.3, 0.4) is 0 Å². The van der Waals surface area contributed by atoms with Crippen molar-refractivity contribution < 1.29 is 32.3 Å². The molecule has 0 saturated carbocycles. The van der Waals surface area contributed by atoms with Crippen LogP contribution in [0.1, 0.15) is 46.7 Å². The van der Waals surface area contributed by atoms with Gasteiger partial charge >= 0.3 is 0 Å². The Labute approximate surface area is 256 Å². The lowest BCUT2D eigenvalue weighted by Crippen LogP contribution is -2.48. The standard InChI is InChI=1S/C30H32ClF3N6O4/c1-39-23(21-4-5-24(44-16-32)26(34)25(21)33)15-36-27(39)29(42)38-19-2-3-20(22(31)14-19)30(43)40-12-8-17(9-13-40)28(41)37-18-6-10-35-11-7-18/h2-5,14-15,17-18,35H,6-13,16H2,1H3,(H,37,41)(H,38,42). The van der Waals surface area contributed by atoms with Gasteiger partial charge in [0.2, 0.25) is 18.6 Å². The number of nitrogens with one attached hydrogen (secondary N) is 3. The number of amides is 3. The van der Waals surface area contributed by atoms with E-state index in [9.17, 15) is 27.6 Å². The number of hydrogen-bond donors (Lipinski definition) is 3. The average Bonchev–Trinajstić information content (AvgIpc) is 3.41. The predicted molar refractivity (Wildman–Crippen MR) is 157 cm³/mol. The number of carbonyl (C=O) groups is 3. The van der Waals surface area contributed by atoms with E-state index in [0.29, 0.717) is 31.6 Å². The molecule has 5 rings (SSSR count). The van der Waals surface area contributed by atoms with Gasteiger partial charge in [0, 0.05) is 43.3 Å². The van der Waals surface area contributed by atoms with E-state index >= 15 is 0 Å². The van der Waals surface area contributed by atoms with Gasteiger partial charge in [-0.1, -0.05) is 11.6 Å². The Kier molecular flexibility index (Phi) is 9.74. The summed E-state index contributed by atoms with van der Waals surface area (Å²) in [7, 11) is 1.45. The van der Waals surface area contributed by atoms with Crippen LogP contribution in [0.5, 0.6) is 5.75 Å². The van der Waals surface area contributed by atoms with Crippen LogP contribution in [-0.4, -0.2) is 71.3 Å². The molecule has 2 aliphatic rings. The van der Waals surface area contributed by atoms with Crippen LogP contribution in [-0.2, 0) is 11.8 Å². The van der Waals surface area contributed by atoms with Crippen molar-refractivity contribution in [2.75, 3.05) is 38.4 Å². The first-order chi connectivity index (χ1) is 21.2. The van der Waals surface area contributed by atoms with E-state index in [1.54, 1.807) is 4.90 Å². The number of benzene rings is 2. The monoisotopic (exact) mass is 632 g/mol. The highest BCUT2D eigenvalue weighted by atomic mass is 35.5. The second kappa shape index (κ2) is 13.7. The van der Waals surface area contributed by atoms with Gasteiger partial charge in [0.15, 0.2) is 17.4 Å². The second-order valence-corrected chi connectivity index (χ2v) is 11.2. The Morgan fingerprint density at radius 2 is 1.80 bits per heavy atom. The minimum atomic E-state index is -1.36. The number of imidazole rings is 1. The maximum absolute atomic E-state index is 14.6. The van der Waals surface area contributed by atoms with Crippen molar-refractivity contribution in [2.45, 2.75) is 31.7 Å². The quantitative estimate of drug-likeness (QED) is 0.341. The number of ether oxygens (including phenoxy) is 1. The summed E-state index contributed by atoms with van der Waals surface area (Å²) in [5.41, 5.74) is 0.462. The van der Waals surface area contributed by atoms with Gasteiger partial charge in [-0.2, -0.15) is 4.39 Å². The summed E-state index contributed by atoms with van der Waals surface area (Å²) in [6.45, 7) is 1.32. The summed E-state index contributed by atoms with van der Waals surface area (Å²) in [6, 6.07) is 6.95. The van der Waals surface area contributed by atoms with Crippen molar-refractivity contribution in [3.05, 3.63) is 64.6 Å². The molecule has 44 heavy (non-hydrogen) atoms. The van der Waals surface area contributed by atoms with E-state index in [-0.39, 0.29) is 51.4 Å². The van der Waals surface area contributed by atoms with Gasteiger partial charge in [0.1, 0.15) is 0 Å². The number of anilines is 1. The Morgan fingerprint density at radius 3 is 2.48 bits per heavy atom. The molecule has 234 valence electrons. The van der Waals surface area contributed by atoms with Crippen LogP contribution in [0.25, 0.3) is 11.3 Å². The topological polar surface area (TPSA) is 118 Å². The molecule has 3 amide bonds. The van der Waals surface area contributed by atoms with Crippen molar-refractivity contribution in [1.29, 1.82) is 0 Å². The molecule has 2 fully saturated rings. The van der Waals surface area contributed by atoms with E-state index in [2.05, 4.69) is 25.7 Å². The molecule has 2 saturated heterocycles. The van der Waals surface area contributed by atoms with E-state index in [0.717, 1.165) is 32.0 Å². The van der Waals surface area contributed by atoms with Crippen LogP contribution >= 0.6 is 11.6 Å². The molecule has 2 aliphatic heterocycles. The van der Waals surface area contributed by atoms with Crippen LogP contribution in [0.4, 0.5) is 18.9 Å². The Balaban J connectivity index is 1.20. The van der Waals surface area contributed by atoms with Crippen molar-refractivity contribution >= 4 is 35.0 Å². The zero-order valence-corrected chi connectivity index (χ0v) is 24.7. The Morgan fingerprint density at radius 1 is 1.07 bits per heavy atom. The number of aromatic nitrogens is 2. The largest absolute Gasteiger partial charge is 0.460 e. The molecule has 3 N–H and O–H groups in total. The number of alkyl halides is 1. The van der Waals surface area contributed by atoms with E-state index in [1.165, 1.54) is 42.1 Å². The first-order valence-corrected chi connectivity index (χ1v) is 14.7. The number of likely N-dealkylation sites (tertiary alicyclic amines) is 1. The molecule has 0 spiro atoms. The molecule has 0 unspecified atom stereocenters. The lowest BCUT2D eigenvalue weighted by atomic mass is 9.94. The lowest BCUT2D eigenvalue weighted by molar-refractivity contribution is -0.127. The normalized spacial score (nSPS) is 16.1. The molecule has 10 nitrogen and oxygen atoms in total. The van der Waals surface area contributed by atoms with Crippen LogP contribution in [0, 0.1) is 17.6 Å².